The van der Waals surface area contributed by atoms with Crippen LogP contribution in [0.2, 0.25) is 0 Å². The normalized spacial score (nSPS) is 13.9. The second-order valence-corrected chi connectivity index (χ2v) is 6.17. The zero-order valence-electron chi connectivity index (χ0n) is 13.4. The van der Waals surface area contributed by atoms with Crippen LogP contribution < -0.4 is 0 Å². The van der Waals surface area contributed by atoms with E-state index < -0.39 is 0 Å². The third kappa shape index (κ3) is 2.92. The van der Waals surface area contributed by atoms with Crippen molar-refractivity contribution in [2.45, 2.75) is 32.4 Å². The number of rotatable bonds is 5. The number of aromatic amines is 2. The average molecular weight is 322 g/mol. The molecule has 24 heavy (non-hydrogen) atoms. The van der Waals surface area contributed by atoms with Gasteiger partial charge < -0.3 is 9.88 Å². The molecule has 0 unspecified atom stereocenters. The van der Waals surface area contributed by atoms with Crippen molar-refractivity contribution in [3.05, 3.63) is 53.3 Å². The molecular formula is C17H18N6O. The molecule has 122 valence electrons. The number of aromatic nitrogens is 5. The summed E-state index contributed by atoms with van der Waals surface area (Å²) in [5.41, 5.74) is 3.72. The summed E-state index contributed by atoms with van der Waals surface area (Å²) in [7, 11) is 0. The number of hydrogen-bond donors (Lipinski definition) is 2. The second-order valence-electron chi connectivity index (χ2n) is 6.17. The predicted octanol–water partition coefficient (Wildman–Crippen LogP) is 2.31. The number of nitrogens with zero attached hydrogens (tertiary/aromatic N) is 4. The molecular weight excluding hydrogens is 304 g/mol. The van der Waals surface area contributed by atoms with Crippen LogP contribution >= 0.6 is 0 Å². The van der Waals surface area contributed by atoms with E-state index in [-0.39, 0.29) is 5.91 Å². The van der Waals surface area contributed by atoms with Crippen molar-refractivity contribution in [1.29, 1.82) is 0 Å². The molecule has 0 spiro atoms. The highest BCUT2D eigenvalue weighted by atomic mass is 16.2. The molecule has 7 heteroatoms. The first kappa shape index (κ1) is 14.6. The Bertz CT molecular complexity index is 832. The van der Waals surface area contributed by atoms with Crippen LogP contribution in [0, 0.1) is 6.92 Å². The van der Waals surface area contributed by atoms with Crippen molar-refractivity contribution in [2.24, 2.45) is 0 Å². The smallest absolute Gasteiger partial charge is 0.255 e. The van der Waals surface area contributed by atoms with E-state index in [9.17, 15) is 4.79 Å². The Balaban J connectivity index is 1.52. The molecule has 1 fully saturated rings. The summed E-state index contributed by atoms with van der Waals surface area (Å²) in [6.07, 6.45) is 3.94. The van der Waals surface area contributed by atoms with Gasteiger partial charge in [-0.1, -0.05) is 24.3 Å². The molecule has 7 nitrogen and oxygen atoms in total. The third-order valence-corrected chi connectivity index (χ3v) is 4.23. The molecule has 0 atom stereocenters. The summed E-state index contributed by atoms with van der Waals surface area (Å²) < 4.78 is 0. The van der Waals surface area contributed by atoms with Gasteiger partial charge in [-0.25, -0.2) is 0 Å². The maximum absolute atomic E-state index is 12.8. The van der Waals surface area contributed by atoms with Gasteiger partial charge in [0, 0.05) is 30.0 Å². The molecule has 1 aliphatic rings. The molecule has 2 aromatic heterocycles. The first-order valence-electron chi connectivity index (χ1n) is 7.99. The summed E-state index contributed by atoms with van der Waals surface area (Å²) in [5, 5.41) is 14.0. The highest BCUT2D eigenvalue weighted by molar-refractivity contribution is 5.94. The largest absolute Gasteiger partial charge is 0.364 e. The van der Waals surface area contributed by atoms with E-state index in [0.29, 0.717) is 18.4 Å². The van der Waals surface area contributed by atoms with Gasteiger partial charge >= 0.3 is 0 Å². The standard InChI is InChI=1S/C17H18N6O/c1-11-8-14(9-18-11)17(24)23(15-6-7-15)10-12-2-4-13(5-3-12)16-19-21-22-20-16/h2-5,8-9,15,18H,6-7,10H2,1H3,(H,19,20,21,22). The first-order valence-corrected chi connectivity index (χ1v) is 7.99. The average Bonchev–Trinajstić information content (AvgIpc) is 3.10. The molecule has 1 aromatic carbocycles. The minimum absolute atomic E-state index is 0.0871. The van der Waals surface area contributed by atoms with Gasteiger partial charge in [-0.3, -0.25) is 4.79 Å². The van der Waals surface area contributed by atoms with Crippen LogP contribution in [0.4, 0.5) is 0 Å². The fraction of sp³-hybridized carbons (Fsp3) is 0.294. The summed E-state index contributed by atoms with van der Waals surface area (Å²) in [5.74, 6) is 0.656. The number of nitrogens with one attached hydrogen (secondary N) is 2. The number of carbonyl (C=O) groups is 1. The van der Waals surface area contributed by atoms with E-state index >= 15 is 0 Å². The highest BCUT2D eigenvalue weighted by Crippen LogP contribution is 2.30. The van der Waals surface area contributed by atoms with Crippen LogP contribution in [-0.2, 0) is 6.54 Å². The molecule has 4 rings (SSSR count). The lowest BCUT2D eigenvalue weighted by Gasteiger charge is -2.22. The highest BCUT2D eigenvalue weighted by Gasteiger charge is 2.33. The van der Waals surface area contributed by atoms with Crippen LogP contribution in [-0.4, -0.2) is 42.5 Å². The van der Waals surface area contributed by atoms with Gasteiger partial charge in [0.05, 0.1) is 5.56 Å². The van der Waals surface area contributed by atoms with Gasteiger partial charge in [-0.2, -0.15) is 5.21 Å². The lowest BCUT2D eigenvalue weighted by atomic mass is 10.1. The van der Waals surface area contributed by atoms with Crippen LogP contribution in [0.25, 0.3) is 11.4 Å². The maximum Gasteiger partial charge on any atom is 0.255 e. The van der Waals surface area contributed by atoms with Gasteiger partial charge in [0.15, 0.2) is 0 Å². The molecule has 0 saturated heterocycles. The SMILES string of the molecule is Cc1cc(C(=O)N(Cc2ccc(-c3nn[nH]n3)cc2)C2CC2)c[nH]1. The van der Waals surface area contributed by atoms with Crippen molar-refractivity contribution in [3.8, 4) is 11.4 Å². The monoisotopic (exact) mass is 322 g/mol. The Hall–Kier alpha value is -2.96. The molecule has 2 N–H and O–H groups in total. The number of hydrogen-bond acceptors (Lipinski definition) is 4. The second kappa shape index (κ2) is 5.92. The van der Waals surface area contributed by atoms with Crippen molar-refractivity contribution in [3.63, 3.8) is 0 Å². The van der Waals surface area contributed by atoms with Gasteiger partial charge in [0.25, 0.3) is 5.91 Å². The zero-order valence-corrected chi connectivity index (χ0v) is 13.4. The minimum atomic E-state index is 0.0871. The third-order valence-electron chi connectivity index (χ3n) is 4.23. The summed E-state index contributed by atoms with van der Waals surface area (Å²) in [6.45, 7) is 2.56. The van der Waals surface area contributed by atoms with Crippen molar-refractivity contribution >= 4 is 5.91 Å². The minimum Gasteiger partial charge on any atom is -0.364 e. The van der Waals surface area contributed by atoms with Crippen LogP contribution in [0.1, 0.15) is 34.5 Å². The fourth-order valence-electron chi connectivity index (χ4n) is 2.79. The van der Waals surface area contributed by atoms with Gasteiger partial charge in [0.1, 0.15) is 0 Å². The predicted molar refractivity (Wildman–Crippen MR) is 88.0 cm³/mol. The number of H-pyrrole nitrogens is 2. The van der Waals surface area contributed by atoms with Crippen LogP contribution in [0.3, 0.4) is 0 Å². The van der Waals surface area contributed by atoms with E-state index in [4.69, 9.17) is 0 Å². The van der Waals surface area contributed by atoms with Crippen molar-refractivity contribution in [2.75, 3.05) is 0 Å². The Morgan fingerprint density at radius 2 is 2.08 bits per heavy atom. The zero-order chi connectivity index (χ0) is 16.5. The molecule has 1 amide bonds. The van der Waals surface area contributed by atoms with E-state index in [0.717, 1.165) is 35.2 Å². The molecule has 0 bridgehead atoms. The number of tetrazole rings is 1. The lowest BCUT2D eigenvalue weighted by Crippen LogP contribution is -2.32. The van der Waals surface area contributed by atoms with Crippen LogP contribution in [0.15, 0.2) is 36.5 Å². The fourth-order valence-corrected chi connectivity index (χ4v) is 2.79. The number of aryl methyl sites for hydroxylation is 1. The molecule has 2 heterocycles. The van der Waals surface area contributed by atoms with E-state index in [1.807, 2.05) is 42.2 Å². The van der Waals surface area contributed by atoms with E-state index in [1.165, 1.54) is 0 Å². The number of carbonyl (C=O) groups excluding carboxylic acids is 1. The topological polar surface area (TPSA) is 90.6 Å². The summed E-state index contributed by atoms with van der Waals surface area (Å²) in [6, 6.07) is 10.2. The van der Waals surface area contributed by atoms with Gasteiger partial charge in [0.2, 0.25) is 5.82 Å². The Labute approximate surface area is 139 Å². The van der Waals surface area contributed by atoms with Gasteiger partial charge in [-0.05, 0) is 36.6 Å². The van der Waals surface area contributed by atoms with Gasteiger partial charge in [-0.15, -0.1) is 10.2 Å². The van der Waals surface area contributed by atoms with E-state index in [2.05, 4.69) is 25.6 Å². The maximum atomic E-state index is 12.8. The van der Waals surface area contributed by atoms with Crippen LogP contribution in [0.5, 0.6) is 0 Å². The molecule has 1 saturated carbocycles. The summed E-state index contributed by atoms with van der Waals surface area (Å²) >= 11 is 0. The molecule has 0 radical (unpaired) electrons. The molecule has 1 aliphatic carbocycles. The Morgan fingerprint density at radius 1 is 1.29 bits per heavy atom. The Kier molecular flexibility index (Phi) is 3.60. The first-order chi connectivity index (χ1) is 11.7. The van der Waals surface area contributed by atoms with E-state index in [1.54, 1.807) is 6.20 Å². The van der Waals surface area contributed by atoms with Crippen molar-refractivity contribution in [1.82, 2.24) is 30.5 Å². The number of amides is 1. The Morgan fingerprint density at radius 3 is 2.67 bits per heavy atom. The summed E-state index contributed by atoms with van der Waals surface area (Å²) in [4.78, 5) is 17.8. The van der Waals surface area contributed by atoms with Crippen molar-refractivity contribution < 1.29 is 4.79 Å². The number of benzene rings is 1. The lowest BCUT2D eigenvalue weighted by molar-refractivity contribution is 0.0730. The molecule has 0 aliphatic heterocycles. The quantitative estimate of drug-likeness (QED) is 0.754. The molecule has 3 aromatic rings.